The third-order valence-corrected chi connectivity index (χ3v) is 4.25. The molecule has 0 unspecified atom stereocenters. The molecule has 2 aromatic rings. The first-order chi connectivity index (χ1) is 9.92. The number of aryl methyl sites for hydroxylation is 1. The largest absolute Gasteiger partial charge is 0.273 e. The fraction of sp³-hybridized carbons (Fsp3) is 0.250. The van der Waals surface area contributed by atoms with Crippen molar-refractivity contribution < 1.29 is 13.3 Å². The van der Waals surface area contributed by atoms with Gasteiger partial charge in [-0.05, 0) is 19.1 Å². The van der Waals surface area contributed by atoms with E-state index < -0.39 is 14.9 Å². The Labute approximate surface area is 121 Å². The zero-order valence-electron chi connectivity index (χ0n) is 11.3. The molecule has 0 amide bonds. The molecule has 0 spiro atoms. The van der Waals surface area contributed by atoms with Gasteiger partial charge < -0.3 is 0 Å². The van der Waals surface area contributed by atoms with E-state index in [1.165, 1.54) is 12.1 Å². The Balaban J connectivity index is 2.09. The fourth-order valence-electron chi connectivity index (χ4n) is 1.68. The van der Waals surface area contributed by atoms with Crippen LogP contribution in [0.15, 0.2) is 41.6 Å². The lowest BCUT2D eigenvalue weighted by atomic mass is 10.3. The van der Waals surface area contributed by atoms with Gasteiger partial charge in [0.25, 0.3) is 5.69 Å². The Morgan fingerprint density at radius 1 is 1.33 bits per heavy atom. The average Bonchev–Trinajstić information content (AvgIpc) is 2.93. The molecule has 0 saturated carbocycles. The minimum absolute atomic E-state index is 0.0176. The van der Waals surface area contributed by atoms with E-state index in [4.69, 9.17) is 0 Å². The smallest absolute Gasteiger partial charge is 0.269 e. The van der Waals surface area contributed by atoms with E-state index in [-0.39, 0.29) is 17.1 Å². The molecule has 0 fully saturated rings. The Hall–Kier alpha value is -2.26. The zero-order valence-corrected chi connectivity index (χ0v) is 12.1. The molecular formula is C12H14N4O4S. The molecule has 0 aliphatic rings. The molecule has 1 aromatic carbocycles. The number of nitrogens with zero attached hydrogens (tertiary/aromatic N) is 3. The third kappa shape index (κ3) is 3.64. The van der Waals surface area contributed by atoms with Crippen molar-refractivity contribution in [3.8, 4) is 0 Å². The lowest BCUT2D eigenvalue weighted by molar-refractivity contribution is -0.384. The van der Waals surface area contributed by atoms with Gasteiger partial charge in [0.2, 0.25) is 10.0 Å². The first-order valence-electron chi connectivity index (χ1n) is 6.18. The molecule has 9 heteroatoms. The summed E-state index contributed by atoms with van der Waals surface area (Å²) < 4.78 is 28.2. The first-order valence-corrected chi connectivity index (χ1v) is 7.66. The normalized spacial score (nSPS) is 11.5. The standard InChI is InChI=1S/C12H14N4O4S/c1-2-15-9-10(7-13-15)8-14-21(19,20)12-5-3-11(4-6-12)16(17)18/h3-7,9,14H,2,8H2,1H3. The lowest BCUT2D eigenvalue weighted by Crippen LogP contribution is -2.23. The number of nitro groups is 1. The summed E-state index contributed by atoms with van der Waals surface area (Å²) in [4.78, 5) is 9.94. The van der Waals surface area contributed by atoms with Crippen molar-refractivity contribution in [3.05, 3.63) is 52.3 Å². The number of hydrogen-bond acceptors (Lipinski definition) is 5. The molecule has 0 aliphatic carbocycles. The van der Waals surface area contributed by atoms with Crippen LogP contribution >= 0.6 is 0 Å². The summed E-state index contributed by atoms with van der Waals surface area (Å²) in [6, 6.07) is 4.72. The number of non-ortho nitro benzene ring substituents is 1. The van der Waals surface area contributed by atoms with Gasteiger partial charge >= 0.3 is 0 Å². The maximum atomic E-state index is 12.1. The first kappa shape index (κ1) is 15.1. The molecule has 21 heavy (non-hydrogen) atoms. The second kappa shape index (κ2) is 6.02. The number of benzene rings is 1. The summed E-state index contributed by atoms with van der Waals surface area (Å²) in [5.74, 6) is 0. The van der Waals surface area contributed by atoms with Crippen molar-refractivity contribution >= 4 is 15.7 Å². The van der Waals surface area contributed by atoms with Crippen molar-refractivity contribution in [2.75, 3.05) is 0 Å². The summed E-state index contributed by atoms with van der Waals surface area (Å²) in [6.07, 6.45) is 3.33. The molecule has 2 rings (SSSR count). The van der Waals surface area contributed by atoms with E-state index in [9.17, 15) is 18.5 Å². The zero-order chi connectivity index (χ0) is 15.5. The van der Waals surface area contributed by atoms with Crippen LogP contribution in [-0.4, -0.2) is 23.1 Å². The van der Waals surface area contributed by atoms with Gasteiger partial charge in [-0.25, -0.2) is 13.1 Å². The van der Waals surface area contributed by atoms with E-state index in [1.807, 2.05) is 6.92 Å². The van der Waals surface area contributed by atoms with Crippen LogP contribution in [0.2, 0.25) is 0 Å². The van der Waals surface area contributed by atoms with Crippen LogP contribution in [0.3, 0.4) is 0 Å². The highest BCUT2D eigenvalue weighted by molar-refractivity contribution is 7.89. The van der Waals surface area contributed by atoms with E-state index in [1.54, 1.807) is 17.1 Å². The van der Waals surface area contributed by atoms with E-state index in [0.717, 1.165) is 17.7 Å². The molecule has 0 radical (unpaired) electrons. The maximum Gasteiger partial charge on any atom is 0.269 e. The Morgan fingerprint density at radius 2 is 2.00 bits per heavy atom. The van der Waals surface area contributed by atoms with Gasteiger partial charge in [0.15, 0.2) is 0 Å². The van der Waals surface area contributed by atoms with Gasteiger partial charge in [0.1, 0.15) is 0 Å². The van der Waals surface area contributed by atoms with Crippen molar-refractivity contribution in [2.24, 2.45) is 0 Å². The highest BCUT2D eigenvalue weighted by Crippen LogP contribution is 2.15. The Kier molecular flexibility index (Phi) is 4.34. The van der Waals surface area contributed by atoms with Crippen LogP contribution in [0.1, 0.15) is 12.5 Å². The summed E-state index contributed by atoms with van der Waals surface area (Å²) in [5.41, 5.74) is 0.584. The van der Waals surface area contributed by atoms with Crippen LogP contribution in [0.5, 0.6) is 0 Å². The number of aromatic nitrogens is 2. The number of rotatable bonds is 6. The molecule has 0 atom stereocenters. The predicted molar refractivity (Wildman–Crippen MR) is 75.0 cm³/mol. The highest BCUT2D eigenvalue weighted by atomic mass is 32.2. The minimum Gasteiger partial charge on any atom is -0.273 e. The summed E-state index contributed by atoms with van der Waals surface area (Å²) in [7, 11) is -3.71. The molecule has 8 nitrogen and oxygen atoms in total. The topological polar surface area (TPSA) is 107 Å². The fourth-order valence-corrected chi connectivity index (χ4v) is 2.70. The Bertz CT molecular complexity index is 737. The number of hydrogen-bond donors (Lipinski definition) is 1. The second-order valence-corrected chi connectivity index (χ2v) is 6.05. The van der Waals surface area contributed by atoms with Gasteiger partial charge in [0.05, 0.1) is 16.0 Å². The van der Waals surface area contributed by atoms with Crippen LogP contribution in [0, 0.1) is 10.1 Å². The van der Waals surface area contributed by atoms with E-state index >= 15 is 0 Å². The van der Waals surface area contributed by atoms with Crippen molar-refractivity contribution in [1.29, 1.82) is 0 Å². The van der Waals surface area contributed by atoms with Gasteiger partial charge in [-0.2, -0.15) is 5.10 Å². The molecule has 1 aromatic heterocycles. The number of nitro benzene ring substituents is 1. The maximum absolute atomic E-state index is 12.1. The van der Waals surface area contributed by atoms with Crippen LogP contribution in [0.25, 0.3) is 0 Å². The van der Waals surface area contributed by atoms with Crippen LogP contribution in [0.4, 0.5) is 5.69 Å². The minimum atomic E-state index is -3.71. The SMILES string of the molecule is CCn1cc(CNS(=O)(=O)c2ccc([N+](=O)[O-])cc2)cn1. The third-order valence-electron chi connectivity index (χ3n) is 2.83. The Morgan fingerprint density at radius 3 is 2.52 bits per heavy atom. The number of sulfonamides is 1. The highest BCUT2D eigenvalue weighted by Gasteiger charge is 2.15. The van der Waals surface area contributed by atoms with E-state index in [2.05, 4.69) is 9.82 Å². The monoisotopic (exact) mass is 310 g/mol. The lowest BCUT2D eigenvalue weighted by Gasteiger charge is -2.05. The summed E-state index contributed by atoms with van der Waals surface area (Å²) in [5, 5.41) is 14.6. The summed E-state index contributed by atoms with van der Waals surface area (Å²) >= 11 is 0. The van der Waals surface area contributed by atoms with Crippen LogP contribution < -0.4 is 4.72 Å². The van der Waals surface area contributed by atoms with Crippen molar-refractivity contribution in [3.63, 3.8) is 0 Å². The predicted octanol–water partition coefficient (Wildman–Crippen LogP) is 1.29. The van der Waals surface area contributed by atoms with Crippen molar-refractivity contribution in [2.45, 2.75) is 24.9 Å². The molecular weight excluding hydrogens is 296 g/mol. The van der Waals surface area contributed by atoms with Gasteiger partial charge in [-0.3, -0.25) is 14.8 Å². The molecule has 1 heterocycles. The van der Waals surface area contributed by atoms with Crippen LogP contribution in [-0.2, 0) is 23.1 Å². The van der Waals surface area contributed by atoms with E-state index in [0.29, 0.717) is 6.54 Å². The quantitative estimate of drug-likeness (QED) is 0.639. The molecule has 0 saturated heterocycles. The van der Waals surface area contributed by atoms with Gasteiger partial charge in [-0.1, -0.05) is 0 Å². The van der Waals surface area contributed by atoms with Crippen molar-refractivity contribution in [1.82, 2.24) is 14.5 Å². The molecule has 112 valence electrons. The second-order valence-electron chi connectivity index (χ2n) is 4.28. The van der Waals surface area contributed by atoms with Gasteiger partial charge in [-0.15, -0.1) is 0 Å². The molecule has 0 aliphatic heterocycles. The average molecular weight is 310 g/mol. The summed E-state index contributed by atoms with van der Waals surface area (Å²) in [6.45, 7) is 2.74. The van der Waals surface area contributed by atoms with Gasteiger partial charge in [0, 0.05) is 37.0 Å². The number of nitrogens with one attached hydrogen (secondary N) is 1. The molecule has 1 N–H and O–H groups in total. The molecule has 0 bridgehead atoms.